The van der Waals surface area contributed by atoms with Crippen LogP contribution in [-0.2, 0) is 0 Å². The summed E-state index contributed by atoms with van der Waals surface area (Å²) >= 11 is 4.93. The molecule has 0 bridgehead atoms. The fraction of sp³-hybridized carbons (Fsp3) is 0.100. The molecule has 0 aliphatic rings. The fourth-order valence-corrected chi connectivity index (χ4v) is 2.42. The van der Waals surface area contributed by atoms with Gasteiger partial charge < -0.3 is 5.73 Å². The van der Waals surface area contributed by atoms with Crippen molar-refractivity contribution in [2.24, 2.45) is 0 Å². The van der Waals surface area contributed by atoms with E-state index in [1.807, 2.05) is 6.92 Å². The summed E-state index contributed by atoms with van der Waals surface area (Å²) in [5, 5.41) is 1.65. The third-order valence-corrected chi connectivity index (χ3v) is 4.17. The average molecular weight is 297 g/mol. The van der Waals surface area contributed by atoms with Gasteiger partial charge in [-0.3, -0.25) is 4.98 Å². The van der Waals surface area contributed by atoms with Crippen molar-refractivity contribution in [3.05, 3.63) is 34.8 Å². The van der Waals surface area contributed by atoms with Crippen LogP contribution in [0.2, 0.25) is 0 Å². The van der Waals surface area contributed by atoms with Crippen LogP contribution < -0.4 is 5.73 Å². The molecule has 0 aliphatic heterocycles. The summed E-state index contributed by atoms with van der Waals surface area (Å²) in [6.45, 7) is 1.95. The molecular formula is C10H9BrN4S. The zero-order chi connectivity index (χ0) is 11.5. The first-order chi connectivity index (χ1) is 7.68. The zero-order valence-electron chi connectivity index (χ0n) is 8.51. The van der Waals surface area contributed by atoms with Crippen molar-refractivity contribution in [1.29, 1.82) is 0 Å². The van der Waals surface area contributed by atoms with Crippen molar-refractivity contribution in [1.82, 2.24) is 15.0 Å². The highest BCUT2D eigenvalue weighted by molar-refractivity contribution is 9.10. The molecule has 2 aromatic rings. The van der Waals surface area contributed by atoms with E-state index < -0.39 is 0 Å². The molecule has 0 saturated heterocycles. The number of hydrogen-bond acceptors (Lipinski definition) is 5. The third kappa shape index (κ3) is 2.33. The van der Waals surface area contributed by atoms with Crippen LogP contribution in [0.15, 0.2) is 39.3 Å². The molecule has 6 heteroatoms. The zero-order valence-corrected chi connectivity index (χ0v) is 10.9. The predicted molar refractivity (Wildman–Crippen MR) is 67.2 cm³/mol. The molecular weight excluding hydrogens is 288 g/mol. The first kappa shape index (κ1) is 11.3. The molecule has 0 atom stereocenters. The van der Waals surface area contributed by atoms with Crippen LogP contribution in [0.25, 0.3) is 0 Å². The Hall–Kier alpha value is -1.14. The first-order valence-electron chi connectivity index (χ1n) is 4.53. The number of aromatic nitrogens is 3. The van der Waals surface area contributed by atoms with E-state index in [0.717, 1.165) is 20.1 Å². The van der Waals surface area contributed by atoms with E-state index in [2.05, 4.69) is 30.9 Å². The maximum atomic E-state index is 5.75. The first-order valence-corrected chi connectivity index (χ1v) is 6.14. The maximum absolute atomic E-state index is 5.75. The Morgan fingerprint density at radius 1 is 1.25 bits per heavy atom. The summed E-state index contributed by atoms with van der Waals surface area (Å²) in [6, 6.07) is 0. The second-order valence-electron chi connectivity index (χ2n) is 3.10. The number of nitrogens with two attached hydrogens (primary N) is 1. The second kappa shape index (κ2) is 4.80. The number of nitrogens with zero attached hydrogens (tertiary/aromatic N) is 3. The van der Waals surface area contributed by atoms with Crippen LogP contribution in [-0.4, -0.2) is 15.0 Å². The van der Waals surface area contributed by atoms with Crippen LogP contribution in [0.4, 0.5) is 5.69 Å². The van der Waals surface area contributed by atoms with Crippen molar-refractivity contribution < 1.29 is 0 Å². The van der Waals surface area contributed by atoms with E-state index >= 15 is 0 Å². The van der Waals surface area contributed by atoms with E-state index in [-0.39, 0.29) is 0 Å². The van der Waals surface area contributed by atoms with Crippen molar-refractivity contribution >= 4 is 33.4 Å². The summed E-state index contributed by atoms with van der Waals surface area (Å²) in [7, 11) is 0. The molecule has 0 unspecified atom stereocenters. The minimum atomic E-state index is 0.676. The van der Waals surface area contributed by atoms with E-state index in [1.54, 1.807) is 24.8 Å². The highest BCUT2D eigenvalue weighted by Gasteiger charge is 2.09. The molecule has 0 amide bonds. The van der Waals surface area contributed by atoms with Crippen LogP contribution in [0.3, 0.4) is 0 Å². The lowest BCUT2D eigenvalue weighted by Crippen LogP contribution is -1.94. The Morgan fingerprint density at radius 2 is 2.06 bits per heavy atom. The van der Waals surface area contributed by atoms with Gasteiger partial charge in [-0.1, -0.05) is 0 Å². The van der Waals surface area contributed by atoms with Gasteiger partial charge in [-0.15, -0.1) is 0 Å². The standard InChI is InChI=1S/C10H9BrN4S/c1-6-7(12)4-15-10(9(6)11)16-8-5-13-2-3-14-8/h2-5H,12H2,1H3. The molecule has 0 saturated carbocycles. The second-order valence-corrected chi connectivity index (χ2v) is 4.91. The topological polar surface area (TPSA) is 64.7 Å². The van der Waals surface area contributed by atoms with Crippen molar-refractivity contribution in [2.45, 2.75) is 17.0 Å². The lowest BCUT2D eigenvalue weighted by atomic mass is 10.3. The van der Waals surface area contributed by atoms with E-state index in [4.69, 9.17) is 5.73 Å². The summed E-state index contributed by atoms with van der Waals surface area (Å²) in [6.07, 6.45) is 6.64. The molecule has 0 aromatic carbocycles. The minimum absolute atomic E-state index is 0.676. The van der Waals surface area contributed by atoms with Crippen molar-refractivity contribution in [2.75, 3.05) is 5.73 Å². The summed E-state index contributed by atoms with van der Waals surface area (Å²) in [4.78, 5) is 12.4. The van der Waals surface area contributed by atoms with Crippen LogP contribution in [0, 0.1) is 6.92 Å². The molecule has 0 radical (unpaired) electrons. The Bertz CT molecular complexity index is 504. The Morgan fingerprint density at radius 3 is 2.75 bits per heavy atom. The summed E-state index contributed by atoms with van der Waals surface area (Å²) < 4.78 is 0.906. The number of nitrogen functional groups attached to an aromatic ring is 1. The Kier molecular flexibility index (Phi) is 3.40. The molecule has 0 spiro atoms. The van der Waals surface area contributed by atoms with E-state index in [9.17, 15) is 0 Å². The SMILES string of the molecule is Cc1c(N)cnc(Sc2cnccn2)c1Br. The number of pyridine rings is 1. The highest BCUT2D eigenvalue weighted by atomic mass is 79.9. The largest absolute Gasteiger partial charge is 0.397 e. The Labute approximate surface area is 106 Å². The molecule has 0 fully saturated rings. The predicted octanol–water partition coefficient (Wildman–Crippen LogP) is 2.68. The average Bonchev–Trinajstić information content (AvgIpc) is 2.31. The number of rotatable bonds is 2. The number of hydrogen-bond donors (Lipinski definition) is 1. The lowest BCUT2D eigenvalue weighted by molar-refractivity contribution is 1.03. The van der Waals surface area contributed by atoms with Crippen LogP contribution >= 0.6 is 27.7 Å². The van der Waals surface area contributed by atoms with Gasteiger partial charge in [-0.05, 0) is 40.2 Å². The van der Waals surface area contributed by atoms with Crippen LogP contribution in [0.1, 0.15) is 5.56 Å². The quantitative estimate of drug-likeness (QED) is 0.923. The normalized spacial score (nSPS) is 10.4. The van der Waals surface area contributed by atoms with Gasteiger partial charge in [-0.25, -0.2) is 9.97 Å². The van der Waals surface area contributed by atoms with Gasteiger partial charge in [0.25, 0.3) is 0 Å². The minimum Gasteiger partial charge on any atom is -0.397 e. The molecule has 82 valence electrons. The fourth-order valence-electron chi connectivity index (χ4n) is 1.08. The molecule has 0 aliphatic carbocycles. The highest BCUT2D eigenvalue weighted by Crippen LogP contribution is 2.33. The Balaban J connectivity index is 2.33. The van der Waals surface area contributed by atoms with Gasteiger partial charge in [0.2, 0.25) is 0 Å². The van der Waals surface area contributed by atoms with E-state index in [0.29, 0.717) is 5.69 Å². The third-order valence-electron chi connectivity index (χ3n) is 2.01. The van der Waals surface area contributed by atoms with Gasteiger partial charge >= 0.3 is 0 Å². The summed E-state index contributed by atoms with van der Waals surface area (Å²) in [5.74, 6) is 0. The monoisotopic (exact) mass is 296 g/mol. The molecule has 2 N–H and O–H groups in total. The lowest BCUT2D eigenvalue weighted by Gasteiger charge is -2.07. The van der Waals surface area contributed by atoms with Gasteiger partial charge in [-0.2, -0.15) is 0 Å². The maximum Gasteiger partial charge on any atom is 0.121 e. The van der Waals surface area contributed by atoms with Crippen molar-refractivity contribution in [3.63, 3.8) is 0 Å². The van der Waals surface area contributed by atoms with Gasteiger partial charge in [0.05, 0.1) is 22.6 Å². The smallest absolute Gasteiger partial charge is 0.121 e. The molecule has 16 heavy (non-hydrogen) atoms. The van der Waals surface area contributed by atoms with Gasteiger partial charge in [0, 0.05) is 12.4 Å². The molecule has 4 nitrogen and oxygen atoms in total. The number of anilines is 1. The van der Waals surface area contributed by atoms with E-state index in [1.165, 1.54) is 11.8 Å². The molecule has 2 heterocycles. The van der Waals surface area contributed by atoms with Gasteiger partial charge in [0.1, 0.15) is 10.1 Å². The summed E-state index contributed by atoms with van der Waals surface area (Å²) in [5.41, 5.74) is 7.42. The van der Waals surface area contributed by atoms with Crippen LogP contribution in [0.5, 0.6) is 0 Å². The molecule has 2 rings (SSSR count). The van der Waals surface area contributed by atoms with Gasteiger partial charge in [0.15, 0.2) is 0 Å². The molecule has 2 aromatic heterocycles. The van der Waals surface area contributed by atoms with Crippen molar-refractivity contribution in [3.8, 4) is 0 Å². The number of halogens is 1.